The van der Waals surface area contributed by atoms with E-state index in [2.05, 4.69) is 20.4 Å². The molecule has 2 aromatic rings. The van der Waals surface area contributed by atoms with E-state index >= 15 is 0 Å². The van der Waals surface area contributed by atoms with E-state index in [4.69, 9.17) is 4.74 Å². The monoisotopic (exact) mass is 470 g/mol. The summed E-state index contributed by atoms with van der Waals surface area (Å²) in [6.07, 6.45) is 5.71. The predicted molar refractivity (Wildman–Crippen MR) is 126 cm³/mol. The van der Waals surface area contributed by atoms with Gasteiger partial charge in [-0.15, -0.1) is 0 Å². The van der Waals surface area contributed by atoms with Gasteiger partial charge >= 0.3 is 0 Å². The molecule has 1 N–H and O–H groups in total. The van der Waals surface area contributed by atoms with Crippen LogP contribution >= 0.6 is 0 Å². The highest BCUT2D eigenvalue weighted by Gasteiger charge is 2.32. The van der Waals surface area contributed by atoms with Gasteiger partial charge in [-0.05, 0) is 50.3 Å². The molecule has 2 aliphatic rings. The van der Waals surface area contributed by atoms with Crippen LogP contribution in [0, 0.1) is 0 Å². The summed E-state index contributed by atoms with van der Waals surface area (Å²) in [5, 5.41) is 4.27. The highest BCUT2D eigenvalue weighted by atomic mass is 19.1. The Kier molecular flexibility index (Phi) is 6.97. The number of carbonyl (C=O) groups excluding carboxylic acids is 2. The van der Waals surface area contributed by atoms with E-state index in [0.29, 0.717) is 37.0 Å². The average molecular weight is 471 g/mol. The summed E-state index contributed by atoms with van der Waals surface area (Å²) in [6.45, 7) is 4.87. The fourth-order valence-electron chi connectivity index (χ4n) is 4.37. The number of piperidine rings is 1. The predicted octanol–water partition coefficient (Wildman–Crippen LogP) is 2.60. The second-order valence-electron chi connectivity index (χ2n) is 9.00. The standard InChI is InChI=1S/C24H31FN6O3/c1-17(32)30-10-6-20(14-21(30)28-27-16-34-3)31-9-4-5-18-13-19(15-26-22(18)31)23(33)29-11-7-24(2,25)8-12-29/h6,10,13-15,27H,4-5,7-9,11-12,16H2,1-3H3/b28-21-. The average Bonchev–Trinajstić information content (AvgIpc) is 2.83. The Labute approximate surface area is 198 Å². The lowest BCUT2D eigenvalue weighted by atomic mass is 9.95. The molecule has 2 aromatic heterocycles. The number of nitrogens with zero attached hydrogens (tertiary/aromatic N) is 5. The number of anilines is 2. The summed E-state index contributed by atoms with van der Waals surface area (Å²) < 4.78 is 20.6. The molecule has 0 saturated carbocycles. The summed E-state index contributed by atoms with van der Waals surface area (Å²) in [7, 11) is 1.55. The first-order valence-corrected chi connectivity index (χ1v) is 11.5. The van der Waals surface area contributed by atoms with Crippen LogP contribution in [0.15, 0.2) is 35.7 Å². The van der Waals surface area contributed by atoms with Crippen LogP contribution in [0.3, 0.4) is 0 Å². The van der Waals surface area contributed by atoms with Crippen LogP contribution in [-0.2, 0) is 11.2 Å². The van der Waals surface area contributed by atoms with Crippen molar-refractivity contribution in [3.05, 3.63) is 47.2 Å². The molecule has 4 rings (SSSR count). The number of amides is 1. The number of aryl methyl sites for hydroxylation is 1. The SMILES string of the molecule is COCN/N=c1/cc(N2CCCc3cc(C(=O)N4CCC(C)(F)CC4)cnc32)ccn1C(C)=O. The van der Waals surface area contributed by atoms with Gasteiger partial charge in [-0.25, -0.2) is 9.37 Å². The van der Waals surface area contributed by atoms with Gasteiger partial charge < -0.3 is 14.5 Å². The fourth-order valence-corrected chi connectivity index (χ4v) is 4.37. The van der Waals surface area contributed by atoms with E-state index in [1.54, 1.807) is 31.3 Å². The highest BCUT2D eigenvalue weighted by molar-refractivity contribution is 5.94. The molecule has 1 fully saturated rings. The first-order valence-electron chi connectivity index (χ1n) is 11.5. The topological polar surface area (TPSA) is 92.1 Å². The molecule has 1 amide bonds. The van der Waals surface area contributed by atoms with Crippen LogP contribution in [0.5, 0.6) is 0 Å². The van der Waals surface area contributed by atoms with Crippen LogP contribution in [0.1, 0.15) is 53.8 Å². The zero-order chi connectivity index (χ0) is 24.3. The van der Waals surface area contributed by atoms with E-state index in [9.17, 15) is 14.0 Å². The normalized spacial score (nSPS) is 17.9. The van der Waals surface area contributed by atoms with Crippen LogP contribution in [0.4, 0.5) is 15.9 Å². The van der Waals surface area contributed by atoms with E-state index in [1.807, 2.05) is 18.2 Å². The Morgan fingerprint density at radius 3 is 2.74 bits per heavy atom. The molecular formula is C24H31FN6O3. The Morgan fingerprint density at radius 1 is 1.26 bits per heavy atom. The van der Waals surface area contributed by atoms with Gasteiger partial charge in [-0.3, -0.25) is 19.6 Å². The maximum absolute atomic E-state index is 14.1. The Morgan fingerprint density at radius 2 is 2.03 bits per heavy atom. The maximum atomic E-state index is 14.1. The van der Waals surface area contributed by atoms with E-state index in [1.165, 1.54) is 11.5 Å². The number of ether oxygens (including phenoxy) is 1. The summed E-state index contributed by atoms with van der Waals surface area (Å²) >= 11 is 0. The van der Waals surface area contributed by atoms with Gasteiger partial charge in [0.05, 0.1) is 5.56 Å². The fraction of sp³-hybridized carbons (Fsp3) is 0.500. The van der Waals surface area contributed by atoms with Crippen LogP contribution in [0.25, 0.3) is 0 Å². The molecule has 1 saturated heterocycles. The van der Waals surface area contributed by atoms with Crippen molar-refractivity contribution in [2.45, 2.75) is 45.2 Å². The molecule has 0 aliphatic carbocycles. The number of hydrogen-bond donors (Lipinski definition) is 1. The van der Waals surface area contributed by atoms with Gasteiger partial charge in [0.2, 0.25) is 5.91 Å². The lowest BCUT2D eigenvalue weighted by Crippen LogP contribution is -2.43. The number of carbonyl (C=O) groups is 2. The van der Waals surface area contributed by atoms with Gasteiger partial charge in [0, 0.05) is 57.8 Å². The molecule has 0 bridgehead atoms. The molecule has 0 atom stereocenters. The Bertz CT molecular complexity index is 1140. The summed E-state index contributed by atoms with van der Waals surface area (Å²) in [5.74, 6) is 0.528. The third-order valence-electron chi connectivity index (χ3n) is 6.34. The number of fused-ring (bicyclic) bond motifs is 1. The minimum atomic E-state index is -1.20. The minimum Gasteiger partial charge on any atom is -0.363 e. The minimum absolute atomic E-state index is 0.101. The molecule has 9 nitrogen and oxygen atoms in total. The Balaban J connectivity index is 1.60. The van der Waals surface area contributed by atoms with Crippen molar-refractivity contribution >= 4 is 23.3 Å². The quantitative estimate of drug-likeness (QED) is 0.410. The third kappa shape index (κ3) is 5.11. The highest BCUT2D eigenvalue weighted by Crippen LogP contribution is 2.32. The first-order chi connectivity index (χ1) is 16.3. The van der Waals surface area contributed by atoms with Crippen LogP contribution in [-0.4, -0.2) is 65.4 Å². The zero-order valence-corrected chi connectivity index (χ0v) is 19.9. The molecule has 0 aromatic carbocycles. The largest absolute Gasteiger partial charge is 0.363 e. The number of alkyl halides is 1. The number of aromatic nitrogens is 2. The van der Waals surface area contributed by atoms with E-state index in [-0.39, 0.29) is 18.5 Å². The summed E-state index contributed by atoms with van der Waals surface area (Å²) in [4.78, 5) is 33.5. The van der Waals surface area contributed by atoms with Gasteiger partial charge in [-0.2, -0.15) is 5.10 Å². The number of likely N-dealkylation sites (tertiary alicyclic amines) is 1. The van der Waals surface area contributed by atoms with Crippen LogP contribution in [0.2, 0.25) is 0 Å². The van der Waals surface area contributed by atoms with Gasteiger partial charge in [0.1, 0.15) is 18.2 Å². The Hall–Kier alpha value is -3.27. The number of rotatable bonds is 5. The van der Waals surface area contributed by atoms with E-state index in [0.717, 1.165) is 36.5 Å². The number of methoxy groups -OCH3 is 1. The van der Waals surface area contributed by atoms with Crippen molar-refractivity contribution in [1.82, 2.24) is 19.9 Å². The number of nitrogens with one attached hydrogen (secondary N) is 1. The molecule has 34 heavy (non-hydrogen) atoms. The lowest BCUT2D eigenvalue weighted by Gasteiger charge is -2.34. The molecule has 182 valence electrons. The molecular weight excluding hydrogens is 439 g/mol. The molecule has 2 aliphatic heterocycles. The second kappa shape index (κ2) is 9.92. The lowest BCUT2D eigenvalue weighted by molar-refractivity contribution is 0.0503. The van der Waals surface area contributed by atoms with Gasteiger partial charge in [-0.1, -0.05) is 0 Å². The first kappa shape index (κ1) is 23.9. The van der Waals surface area contributed by atoms with Gasteiger partial charge in [0.15, 0.2) is 5.49 Å². The summed E-state index contributed by atoms with van der Waals surface area (Å²) in [5.41, 5.74) is 4.40. The van der Waals surface area contributed by atoms with Crippen LogP contribution < -0.4 is 15.8 Å². The number of pyridine rings is 2. The van der Waals surface area contributed by atoms with Gasteiger partial charge in [0.25, 0.3) is 5.91 Å². The second-order valence-corrected chi connectivity index (χ2v) is 9.00. The maximum Gasteiger partial charge on any atom is 0.255 e. The molecule has 0 unspecified atom stereocenters. The number of halogens is 1. The van der Waals surface area contributed by atoms with Crippen molar-refractivity contribution < 1.29 is 18.7 Å². The van der Waals surface area contributed by atoms with E-state index < -0.39 is 5.67 Å². The third-order valence-corrected chi connectivity index (χ3v) is 6.34. The van der Waals surface area contributed by atoms with Crippen molar-refractivity contribution in [3.8, 4) is 0 Å². The molecule has 0 radical (unpaired) electrons. The van der Waals surface area contributed by atoms with Crippen molar-refractivity contribution in [2.75, 3.05) is 38.4 Å². The summed E-state index contributed by atoms with van der Waals surface area (Å²) in [6, 6.07) is 5.58. The van der Waals surface area contributed by atoms with Crippen molar-refractivity contribution in [2.24, 2.45) is 5.10 Å². The number of hydrogen-bond acceptors (Lipinski definition) is 7. The molecule has 0 spiro atoms. The molecule has 10 heteroatoms. The zero-order valence-electron chi connectivity index (χ0n) is 19.9. The van der Waals surface area contributed by atoms with Crippen molar-refractivity contribution in [3.63, 3.8) is 0 Å². The van der Waals surface area contributed by atoms with Crippen molar-refractivity contribution in [1.29, 1.82) is 0 Å². The smallest absolute Gasteiger partial charge is 0.255 e. The molecule has 4 heterocycles.